The minimum Gasteiger partial charge on any atom is -0.291 e. The molecule has 6 nitrogen and oxygen atoms in total. The lowest BCUT2D eigenvalue weighted by Crippen LogP contribution is -2.38. The fourth-order valence-electron chi connectivity index (χ4n) is 3.05. The topological polar surface area (TPSA) is 67.2 Å². The van der Waals surface area contributed by atoms with Crippen LogP contribution in [0.25, 0.3) is 0 Å². The van der Waals surface area contributed by atoms with Crippen LogP contribution in [0.5, 0.6) is 0 Å². The Morgan fingerprint density at radius 3 is 2.78 bits per heavy atom. The Bertz CT molecular complexity index is 742. The van der Waals surface area contributed by atoms with Gasteiger partial charge in [-0.05, 0) is 18.1 Å². The molecule has 1 unspecified atom stereocenters. The maximum absolute atomic E-state index is 11.2. The van der Waals surface area contributed by atoms with Gasteiger partial charge in [-0.3, -0.25) is 9.58 Å². The molecular weight excluding hydrogens is 312 g/mol. The molecular formula is C16H22N4O2S. The van der Waals surface area contributed by atoms with Gasteiger partial charge in [0.2, 0.25) is 10.0 Å². The highest BCUT2D eigenvalue weighted by atomic mass is 32.2. The second kappa shape index (κ2) is 6.82. The van der Waals surface area contributed by atoms with E-state index in [0.717, 1.165) is 26.1 Å². The summed E-state index contributed by atoms with van der Waals surface area (Å²) in [5.41, 5.74) is 2.46. The van der Waals surface area contributed by atoms with Crippen molar-refractivity contribution >= 4 is 10.0 Å². The third-order valence-electron chi connectivity index (χ3n) is 4.04. The summed E-state index contributed by atoms with van der Waals surface area (Å²) in [5.74, 6) is 0. The molecule has 1 aliphatic rings. The summed E-state index contributed by atoms with van der Waals surface area (Å²) in [6.45, 7) is 3.06. The average molecular weight is 334 g/mol. The van der Waals surface area contributed by atoms with Gasteiger partial charge in [-0.25, -0.2) is 13.1 Å². The largest absolute Gasteiger partial charge is 0.291 e. The smallest absolute Gasteiger partial charge is 0.208 e. The number of aromatic nitrogens is 2. The van der Waals surface area contributed by atoms with Gasteiger partial charge in [0.1, 0.15) is 0 Å². The minimum atomic E-state index is -3.14. The van der Waals surface area contributed by atoms with E-state index in [2.05, 4.69) is 39.0 Å². The van der Waals surface area contributed by atoms with Gasteiger partial charge >= 0.3 is 0 Å². The highest BCUT2D eigenvalue weighted by Gasteiger charge is 2.25. The Balaban J connectivity index is 1.67. The molecule has 1 N–H and O–H groups in total. The summed E-state index contributed by atoms with van der Waals surface area (Å²) in [4.78, 5) is 2.39. The van der Waals surface area contributed by atoms with Crippen LogP contribution in [0.4, 0.5) is 0 Å². The van der Waals surface area contributed by atoms with Crippen molar-refractivity contribution in [3.8, 4) is 0 Å². The Hall–Kier alpha value is -1.70. The number of benzene rings is 1. The fourth-order valence-corrected chi connectivity index (χ4v) is 3.54. The van der Waals surface area contributed by atoms with Crippen LogP contribution >= 0.6 is 0 Å². The Labute approximate surface area is 137 Å². The maximum Gasteiger partial charge on any atom is 0.208 e. The van der Waals surface area contributed by atoms with Crippen LogP contribution in [0.1, 0.15) is 23.7 Å². The normalized spacial score (nSPS) is 18.7. The van der Waals surface area contributed by atoms with Gasteiger partial charge in [-0.15, -0.1) is 0 Å². The number of nitrogens with zero attached hydrogens (tertiary/aromatic N) is 3. The van der Waals surface area contributed by atoms with Crippen LogP contribution in [-0.2, 0) is 23.1 Å². The molecule has 124 valence electrons. The van der Waals surface area contributed by atoms with E-state index in [9.17, 15) is 8.42 Å². The fraction of sp³-hybridized carbons (Fsp3) is 0.438. The lowest BCUT2D eigenvalue weighted by atomic mass is 10.1. The molecule has 7 heteroatoms. The van der Waals surface area contributed by atoms with Gasteiger partial charge in [0.25, 0.3) is 0 Å². The zero-order valence-corrected chi connectivity index (χ0v) is 14.0. The summed E-state index contributed by atoms with van der Waals surface area (Å²) in [6, 6.07) is 12.6. The molecule has 0 aliphatic carbocycles. The van der Waals surface area contributed by atoms with E-state index in [1.165, 1.54) is 17.5 Å². The molecule has 0 saturated heterocycles. The zero-order valence-electron chi connectivity index (χ0n) is 13.2. The van der Waals surface area contributed by atoms with E-state index in [0.29, 0.717) is 6.54 Å². The lowest BCUT2D eigenvalue weighted by Gasteiger charge is -2.34. The molecule has 2 heterocycles. The van der Waals surface area contributed by atoms with E-state index < -0.39 is 10.0 Å². The number of fused-ring (bicyclic) bond motifs is 1. The van der Waals surface area contributed by atoms with Crippen molar-refractivity contribution < 1.29 is 8.42 Å². The molecule has 3 rings (SSSR count). The Kier molecular flexibility index (Phi) is 4.79. The zero-order chi connectivity index (χ0) is 16.3. The molecule has 2 aromatic rings. The number of hydrogen-bond acceptors (Lipinski definition) is 4. The van der Waals surface area contributed by atoms with Crippen LogP contribution in [0.3, 0.4) is 0 Å². The monoisotopic (exact) mass is 334 g/mol. The van der Waals surface area contributed by atoms with Crippen LogP contribution in [0.2, 0.25) is 0 Å². The van der Waals surface area contributed by atoms with Gasteiger partial charge in [0.15, 0.2) is 0 Å². The molecule has 23 heavy (non-hydrogen) atoms. The van der Waals surface area contributed by atoms with Crippen molar-refractivity contribution in [3.05, 3.63) is 53.9 Å². The first-order valence-electron chi connectivity index (χ1n) is 7.74. The number of rotatable bonds is 6. The van der Waals surface area contributed by atoms with Crippen molar-refractivity contribution in [1.29, 1.82) is 0 Å². The quantitative estimate of drug-likeness (QED) is 0.867. The number of hydrogen-bond donors (Lipinski definition) is 1. The second-order valence-electron chi connectivity index (χ2n) is 6.03. The van der Waals surface area contributed by atoms with Gasteiger partial charge in [-0.1, -0.05) is 30.3 Å². The molecule has 0 bridgehead atoms. The summed E-state index contributed by atoms with van der Waals surface area (Å²) in [6.07, 6.45) is 3.74. The highest BCUT2D eigenvalue weighted by molar-refractivity contribution is 7.88. The van der Waals surface area contributed by atoms with Crippen molar-refractivity contribution in [1.82, 2.24) is 19.4 Å². The minimum absolute atomic E-state index is 0.187. The summed E-state index contributed by atoms with van der Waals surface area (Å²) in [7, 11) is -3.14. The van der Waals surface area contributed by atoms with Crippen molar-refractivity contribution in [3.63, 3.8) is 0 Å². The maximum atomic E-state index is 11.2. The molecule has 1 aliphatic heterocycles. The van der Waals surface area contributed by atoms with E-state index in [1.54, 1.807) is 0 Å². The SMILES string of the molecule is CS(=O)(=O)NCCC1CN(Cc2ccccc2)Cc2ccnn21. The van der Waals surface area contributed by atoms with E-state index in [4.69, 9.17) is 0 Å². The first kappa shape index (κ1) is 16.2. The van der Waals surface area contributed by atoms with Gasteiger partial charge in [-0.2, -0.15) is 5.10 Å². The number of nitrogens with one attached hydrogen (secondary N) is 1. The summed E-state index contributed by atoms with van der Waals surface area (Å²) >= 11 is 0. The molecule has 0 fully saturated rings. The van der Waals surface area contributed by atoms with Crippen molar-refractivity contribution in [2.24, 2.45) is 0 Å². The van der Waals surface area contributed by atoms with Gasteiger partial charge in [0, 0.05) is 32.4 Å². The molecule has 0 amide bonds. The third-order valence-corrected chi connectivity index (χ3v) is 4.77. The van der Waals surface area contributed by atoms with Crippen molar-refractivity contribution in [2.45, 2.75) is 25.6 Å². The second-order valence-corrected chi connectivity index (χ2v) is 7.86. The highest BCUT2D eigenvalue weighted by Crippen LogP contribution is 2.24. The lowest BCUT2D eigenvalue weighted by molar-refractivity contribution is 0.162. The number of sulfonamides is 1. The molecule has 0 saturated carbocycles. The van der Waals surface area contributed by atoms with Crippen LogP contribution in [0, 0.1) is 0 Å². The first-order chi connectivity index (χ1) is 11.0. The molecule has 1 atom stereocenters. The summed E-state index contributed by atoms with van der Waals surface area (Å²) < 4.78 is 27.1. The molecule has 0 spiro atoms. The van der Waals surface area contributed by atoms with E-state index >= 15 is 0 Å². The van der Waals surface area contributed by atoms with Crippen LogP contribution < -0.4 is 4.72 Å². The molecule has 0 radical (unpaired) electrons. The van der Waals surface area contributed by atoms with Gasteiger partial charge < -0.3 is 0 Å². The van der Waals surface area contributed by atoms with Gasteiger partial charge in [0.05, 0.1) is 18.0 Å². The molecule has 1 aromatic carbocycles. The Morgan fingerprint density at radius 2 is 2.04 bits per heavy atom. The van der Waals surface area contributed by atoms with Crippen LogP contribution in [-0.4, -0.2) is 42.4 Å². The van der Waals surface area contributed by atoms with Crippen molar-refractivity contribution in [2.75, 3.05) is 19.3 Å². The Morgan fingerprint density at radius 1 is 1.26 bits per heavy atom. The first-order valence-corrected chi connectivity index (χ1v) is 9.64. The van der Waals surface area contributed by atoms with Crippen LogP contribution in [0.15, 0.2) is 42.6 Å². The van der Waals surface area contributed by atoms with E-state index in [-0.39, 0.29) is 6.04 Å². The average Bonchev–Trinajstić information content (AvgIpc) is 2.95. The third kappa shape index (κ3) is 4.40. The standard InChI is InChI=1S/C16H22N4O2S/c1-23(21,22)18-10-8-16-13-19(11-14-5-3-2-4-6-14)12-15-7-9-17-20(15)16/h2-7,9,16,18H,8,10-13H2,1H3. The predicted octanol–water partition coefficient (Wildman–Crippen LogP) is 1.38. The van der Waals surface area contributed by atoms with E-state index in [1.807, 2.05) is 23.0 Å². The summed E-state index contributed by atoms with van der Waals surface area (Å²) in [5, 5.41) is 4.41. The predicted molar refractivity (Wildman–Crippen MR) is 89.3 cm³/mol. The molecule has 1 aromatic heterocycles.